The van der Waals surface area contributed by atoms with Gasteiger partial charge < -0.3 is 9.31 Å². The van der Waals surface area contributed by atoms with Crippen molar-refractivity contribution in [1.29, 1.82) is 0 Å². The molecule has 1 heterocycles. The molecule has 0 aromatic heterocycles. The summed E-state index contributed by atoms with van der Waals surface area (Å²) in [7, 11) is -0.0941. The van der Waals surface area contributed by atoms with Crippen LogP contribution in [0.15, 0.2) is 11.5 Å². The molecule has 1 saturated heterocycles. The third-order valence-electron chi connectivity index (χ3n) is 5.11. The zero-order valence-corrected chi connectivity index (χ0v) is 11.5. The summed E-state index contributed by atoms with van der Waals surface area (Å²) < 4.78 is 12.3. The monoisotopic (exact) mass is 234 g/mol. The predicted molar refractivity (Wildman–Crippen MR) is 69.6 cm³/mol. The third kappa shape index (κ3) is 1.88. The third-order valence-corrected chi connectivity index (χ3v) is 5.11. The van der Waals surface area contributed by atoms with Crippen LogP contribution in [-0.2, 0) is 9.31 Å². The molecule has 0 N–H and O–H groups in total. The fourth-order valence-corrected chi connectivity index (χ4v) is 3.32. The van der Waals surface area contributed by atoms with Crippen LogP contribution < -0.4 is 0 Å². The van der Waals surface area contributed by atoms with Gasteiger partial charge in [-0.25, -0.2) is 0 Å². The lowest BCUT2D eigenvalue weighted by atomic mass is 9.70. The van der Waals surface area contributed by atoms with Gasteiger partial charge in [0.2, 0.25) is 0 Å². The minimum atomic E-state index is -0.199. The Labute approximate surface area is 105 Å². The molecule has 1 aliphatic heterocycles. The van der Waals surface area contributed by atoms with Crippen molar-refractivity contribution in [2.24, 2.45) is 11.8 Å². The summed E-state index contributed by atoms with van der Waals surface area (Å²) in [6, 6.07) is 0. The van der Waals surface area contributed by atoms with Crippen molar-refractivity contribution >= 4 is 7.12 Å². The number of fused-ring (bicyclic) bond motifs is 2. The van der Waals surface area contributed by atoms with Crippen LogP contribution in [-0.4, -0.2) is 18.3 Å². The highest BCUT2D eigenvalue weighted by Gasteiger charge is 2.53. The van der Waals surface area contributed by atoms with E-state index in [1.165, 1.54) is 31.2 Å². The minimum absolute atomic E-state index is 0.0941. The highest BCUT2D eigenvalue weighted by Crippen LogP contribution is 2.45. The van der Waals surface area contributed by atoms with Crippen LogP contribution in [0, 0.1) is 11.8 Å². The molecule has 3 rings (SSSR count). The SMILES string of the molecule is CC1(C)OB(C2=C[C@@H]3CC[C@H](C2)C3)OC1(C)C. The van der Waals surface area contributed by atoms with Crippen molar-refractivity contribution < 1.29 is 9.31 Å². The van der Waals surface area contributed by atoms with E-state index in [1.807, 2.05) is 0 Å². The average Bonchev–Trinajstić information content (AvgIpc) is 2.65. The Kier molecular flexibility index (Phi) is 2.51. The number of hydrogen-bond donors (Lipinski definition) is 0. The molecule has 2 bridgehead atoms. The Morgan fingerprint density at radius 1 is 1.12 bits per heavy atom. The lowest BCUT2D eigenvalue weighted by molar-refractivity contribution is 0.00578. The van der Waals surface area contributed by atoms with E-state index in [9.17, 15) is 0 Å². The Morgan fingerprint density at radius 2 is 1.76 bits per heavy atom. The van der Waals surface area contributed by atoms with Crippen molar-refractivity contribution in [2.45, 2.75) is 64.6 Å². The van der Waals surface area contributed by atoms with Crippen LogP contribution in [0.5, 0.6) is 0 Å². The summed E-state index contributed by atoms with van der Waals surface area (Å²) in [6.45, 7) is 8.52. The first-order valence-corrected chi connectivity index (χ1v) is 6.94. The molecule has 0 radical (unpaired) electrons. The quantitative estimate of drug-likeness (QED) is 0.647. The molecule has 0 aromatic rings. The summed E-state index contributed by atoms with van der Waals surface area (Å²) >= 11 is 0. The van der Waals surface area contributed by atoms with E-state index >= 15 is 0 Å². The Bertz CT molecular complexity index is 343. The fraction of sp³-hybridized carbons (Fsp3) is 0.857. The minimum Gasteiger partial charge on any atom is -0.400 e. The second kappa shape index (κ2) is 3.61. The Morgan fingerprint density at radius 3 is 2.35 bits per heavy atom. The molecular formula is C14H23BO2. The number of hydrogen-bond acceptors (Lipinski definition) is 2. The van der Waals surface area contributed by atoms with Crippen LogP contribution in [0.2, 0.25) is 0 Å². The van der Waals surface area contributed by atoms with Gasteiger partial charge in [0.05, 0.1) is 11.2 Å². The van der Waals surface area contributed by atoms with Gasteiger partial charge in [-0.2, -0.15) is 0 Å². The Balaban J connectivity index is 1.79. The molecule has 0 spiro atoms. The largest absolute Gasteiger partial charge is 0.490 e. The molecule has 2 fully saturated rings. The first-order chi connectivity index (χ1) is 7.87. The maximum atomic E-state index is 6.14. The van der Waals surface area contributed by atoms with Crippen molar-refractivity contribution in [3.05, 3.63) is 11.5 Å². The standard InChI is InChI=1S/C14H23BO2/c1-13(2)14(3,4)17-15(16-13)12-8-10-5-6-11(7-10)9-12/h8,10-11H,5-7,9H2,1-4H3/t10-,11+/m1/s1. The van der Waals surface area contributed by atoms with Crippen LogP contribution in [0.4, 0.5) is 0 Å². The number of rotatable bonds is 1. The molecule has 17 heavy (non-hydrogen) atoms. The molecule has 2 atom stereocenters. The molecule has 2 aliphatic carbocycles. The summed E-state index contributed by atoms with van der Waals surface area (Å²) in [4.78, 5) is 0. The second-order valence-electron chi connectivity index (χ2n) is 6.97. The van der Waals surface area contributed by atoms with Gasteiger partial charge >= 0.3 is 7.12 Å². The van der Waals surface area contributed by atoms with Gasteiger partial charge in [-0.15, -0.1) is 0 Å². The van der Waals surface area contributed by atoms with E-state index in [1.54, 1.807) is 0 Å². The molecule has 94 valence electrons. The lowest BCUT2D eigenvalue weighted by Crippen LogP contribution is -2.41. The highest BCUT2D eigenvalue weighted by atomic mass is 16.7. The zero-order chi connectivity index (χ0) is 12.3. The topological polar surface area (TPSA) is 18.5 Å². The molecule has 0 amide bonds. The lowest BCUT2D eigenvalue weighted by Gasteiger charge is -2.32. The molecule has 1 saturated carbocycles. The van der Waals surface area contributed by atoms with Crippen LogP contribution in [0.25, 0.3) is 0 Å². The van der Waals surface area contributed by atoms with E-state index < -0.39 is 0 Å². The normalized spacial score (nSPS) is 38.4. The van der Waals surface area contributed by atoms with E-state index in [0.29, 0.717) is 0 Å². The highest BCUT2D eigenvalue weighted by molar-refractivity contribution is 6.54. The number of allylic oxidation sites excluding steroid dienone is 2. The van der Waals surface area contributed by atoms with Gasteiger partial charge in [0.15, 0.2) is 0 Å². The Hall–Kier alpha value is -0.275. The molecule has 3 aliphatic rings. The average molecular weight is 234 g/mol. The predicted octanol–water partition coefficient (Wildman–Crippen LogP) is 3.36. The van der Waals surface area contributed by atoms with E-state index in [4.69, 9.17) is 9.31 Å². The smallest absolute Gasteiger partial charge is 0.400 e. The van der Waals surface area contributed by atoms with Gasteiger partial charge in [0.25, 0.3) is 0 Å². The summed E-state index contributed by atoms with van der Waals surface area (Å²) in [6.07, 6.45) is 7.78. The molecule has 2 nitrogen and oxygen atoms in total. The maximum Gasteiger partial charge on any atom is 0.490 e. The summed E-state index contributed by atoms with van der Waals surface area (Å²) in [5.41, 5.74) is 1.01. The zero-order valence-electron chi connectivity index (χ0n) is 11.5. The van der Waals surface area contributed by atoms with E-state index in [-0.39, 0.29) is 18.3 Å². The molecule has 0 unspecified atom stereocenters. The van der Waals surface area contributed by atoms with Crippen molar-refractivity contribution in [3.63, 3.8) is 0 Å². The van der Waals surface area contributed by atoms with Crippen LogP contribution >= 0.6 is 0 Å². The molecular weight excluding hydrogens is 211 g/mol. The van der Waals surface area contributed by atoms with Gasteiger partial charge in [-0.05, 0) is 70.7 Å². The molecule has 3 heteroatoms. The fourth-order valence-electron chi connectivity index (χ4n) is 3.32. The van der Waals surface area contributed by atoms with E-state index in [2.05, 4.69) is 33.8 Å². The summed E-state index contributed by atoms with van der Waals surface area (Å²) in [5, 5.41) is 0. The van der Waals surface area contributed by atoms with Crippen molar-refractivity contribution in [1.82, 2.24) is 0 Å². The van der Waals surface area contributed by atoms with Crippen molar-refractivity contribution in [2.75, 3.05) is 0 Å². The maximum absolute atomic E-state index is 6.14. The van der Waals surface area contributed by atoms with Crippen LogP contribution in [0.3, 0.4) is 0 Å². The van der Waals surface area contributed by atoms with Crippen LogP contribution in [0.1, 0.15) is 53.4 Å². The van der Waals surface area contributed by atoms with Gasteiger partial charge in [-0.3, -0.25) is 0 Å². The van der Waals surface area contributed by atoms with Gasteiger partial charge in [0.1, 0.15) is 0 Å². The van der Waals surface area contributed by atoms with E-state index in [0.717, 1.165) is 11.8 Å². The second-order valence-corrected chi connectivity index (χ2v) is 6.97. The molecule has 0 aromatic carbocycles. The first kappa shape index (κ1) is 11.8. The summed E-state index contributed by atoms with van der Waals surface area (Å²) in [5.74, 6) is 1.68. The van der Waals surface area contributed by atoms with Gasteiger partial charge in [0, 0.05) is 0 Å². The first-order valence-electron chi connectivity index (χ1n) is 6.94. The van der Waals surface area contributed by atoms with Crippen molar-refractivity contribution in [3.8, 4) is 0 Å². The van der Waals surface area contributed by atoms with Gasteiger partial charge in [-0.1, -0.05) is 6.08 Å².